The van der Waals surface area contributed by atoms with Gasteiger partial charge in [-0.25, -0.2) is 0 Å². The van der Waals surface area contributed by atoms with Gasteiger partial charge in [0, 0.05) is 38.3 Å². The summed E-state index contributed by atoms with van der Waals surface area (Å²) in [4.78, 5) is 45.4. The normalized spacial score (nSPS) is 20.5. The number of nitrogens with one attached hydrogen (secondary N) is 1. The Balaban J connectivity index is 1.27. The summed E-state index contributed by atoms with van der Waals surface area (Å²) in [5.41, 5.74) is 0.262. The summed E-state index contributed by atoms with van der Waals surface area (Å²) in [6.07, 6.45) is 15.0. The number of benzene rings is 1. The molecule has 40 heavy (non-hydrogen) atoms. The van der Waals surface area contributed by atoms with Gasteiger partial charge in [0.25, 0.3) is 5.91 Å². The van der Waals surface area contributed by atoms with E-state index in [1.165, 1.54) is 44.9 Å². The topological polar surface area (TPSA) is 82.2 Å². The molecule has 0 saturated carbocycles. The number of hydrogen-bond acceptors (Lipinski definition) is 5. The molecule has 222 valence electrons. The van der Waals surface area contributed by atoms with E-state index in [-0.39, 0.29) is 30.4 Å². The Hall–Kier alpha value is -2.61. The number of ether oxygens (including phenoxy) is 1. The largest absolute Gasteiger partial charge is 0.376 e. The molecule has 0 radical (unpaired) electrons. The number of hydrogen-bond donors (Lipinski definition) is 1. The fourth-order valence-electron chi connectivity index (χ4n) is 6.46. The van der Waals surface area contributed by atoms with E-state index in [0.29, 0.717) is 45.6 Å². The second kappa shape index (κ2) is 15.4. The van der Waals surface area contributed by atoms with Crippen molar-refractivity contribution < 1.29 is 19.1 Å². The predicted molar refractivity (Wildman–Crippen MR) is 158 cm³/mol. The van der Waals surface area contributed by atoms with E-state index in [2.05, 4.69) is 17.1 Å². The van der Waals surface area contributed by atoms with E-state index in [1.54, 1.807) is 4.90 Å². The number of rotatable bonds is 15. The Morgan fingerprint density at radius 2 is 1.65 bits per heavy atom. The minimum absolute atomic E-state index is 0.00495. The third-order valence-corrected chi connectivity index (χ3v) is 8.90. The molecule has 8 heteroatoms. The lowest BCUT2D eigenvalue weighted by atomic mass is 9.85. The minimum Gasteiger partial charge on any atom is -0.376 e. The molecule has 3 fully saturated rings. The molecule has 3 heterocycles. The van der Waals surface area contributed by atoms with E-state index in [9.17, 15) is 14.4 Å². The van der Waals surface area contributed by atoms with Gasteiger partial charge in [-0.15, -0.1) is 0 Å². The van der Waals surface area contributed by atoms with Crippen LogP contribution in [0.4, 0.5) is 5.69 Å². The van der Waals surface area contributed by atoms with Crippen molar-refractivity contribution in [3.05, 3.63) is 30.3 Å². The number of anilines is 1. The number of unbranched alkanes of at least 4 members (excludes halogenated alkanes) is 8. The van der Waals surface area contributed by atoms with Gasteiger partial charge in [-0.1, -0.05) is 76.5 Å². The number of carbonyl (C=O) groups is 3. The molecule has 3 saturated heterocycles. The third-order valence-electron chi connectivity index (χ3n) is 8.90. The molecule has 4 rings (SSSR count). The summed E-state index contributed by atoms with van der Waals surface area (Å²) >= 11 is 0. The highest BCUT2D eigenvalue weighted by atomic mass is 16.5. The van der Waals surface area contributed by atoms with Gasteiger partial charge in [-0.2, -0.15) is 0 Å². The first kappa shape index (κ1) is 30.4. The quantitative estimate of drug-likeness (QED) is 0.313. The minimum atomic E-state index is -0.718. The Morgan fingerprint density at radius 3 is 2.30 bits per heavy atom. The van der Waals surface area contributed by atoms with Crippen LogP contribution in [0.15, 0.2) is 30.3 Å². The van der Waals surface area contributed by atoms with Crippen LogP contribution in [0.25, 0.3) is 0 Å². The van der Waals surface area contributed by atoms with Crippen molar-refractivity contribution >= 4 is 23.4 Å². The van der Waals surface area contributed by atoms with Crippen LogP contribution in [-0.2, 0) is 19.1 Å². The van der Waals surface area contributed by atoms with Crippen LogP contribution in [0.1, 0.15) is 96.8 Å². The lowest BCUT2D eigenvalue weighted by molar-refractivity contribution is -0.140. The van der Waals surface area contributed by atoms with Gasteiger partial charge in [0.1, 0.15) is 12.1 Å². The Bertz CT molecular complexity index is 941. The highest BCUT2D eigenvalue weighted by Crippen LogP contribution is 2.39. The molecule has 3 amide bonds. The Kier molecular flexibility index (Phi) is 11.7. The first-order chi connectivity index (χ1) is 19.5. The van der Waals surface area contributed by atoms with E-state index >= 15 is 0 Å². The van der Waals surface area contributed by atoms with Gasteiger partial charge >= 0.3 is 0 Å². The van der Waals surface area contributed by atoms with Crippen molar-refractivity contribution in [3.8, 4) is 0 Å². The highest BCUT2D eigenvalue weighted by Gasteiger charge is 2.54. The molecule has 0 bridgehead atoms. The highest BCUT2D eigenvalue weighted by molar-refractivity contribution is 5.96. The smallest absolute Gasteiger partial charge is 0.250 e. The van der Waals surface area contributed by atoms with Gasteiger partial charge in [0.15, 0.2) is 0 Å². The van der Waals surface area contributed by atoms with Crippen LogP contribution < -0.4 is 10.2 Å². The second-order valence-electron chi connectivity index (χ2n) is 11.8. The summed E-state index contributed by atoms with van der Waals surface area (Å²) in [7, 11) is 0. The summed E-state index contributed by atoms with van der Waals surface area (Å²) < 4.78 is 5.61. The molecule has 1 spiro atoms. The van der Waals surface area contributed by atoms with Crippen LogP contribution in [0.3, 0.4) is 0 Å². The maximum absolute atomic E-state index is 13.9. The predicted octanol–water partition coefficient (Wildman–Crippen LogP) is 4.87. The molecule has 3 aliphatic heterocycles. The van der Waals surface area contributed by atoms with Gasteiger partial charge in [0.2, 0.25) is 11.8 Å². The Morgan fingerprint density at radius 1 is 0.975 bits per heavy atom. The van der Waals surface area contributed by atoms with Crippen molar-refractivity contribution in [1.82, 2.24) is 15.1 Å². The molecule has 1 aromatic carbocycles. The van der Waals surface area contributed by atoms with Crippen molar-refractivity contribution in [2.24, 2.45) is 0 Å². The molecule has 1 aromatic rings. The molecule has 0 aromatic heterocycles. The Labute approximate surface area is 240 Å². The summed E-state index contributed by atoms with van der Waals surface area (Å²) in [6, 6.07) is 9.98. The molecule has 1 unspecified atom stereocenters. The monoisotopic (exact) mass is 554 g/mol. The molecule has 3 aliphatic rings. The van der Waals surface area contributed by atoms with Gasteiger partial charge in [0.05, 0.1) is 12.8 Å². The molecule has 0 aliphatic carbocycles. The van der Waals surface area contributed by atoms with Crippen LogP contribution in [0.5, 0.6) is 0 Å². The van der Waals surface area contributed by atoms with Crippen molar-refractivity contribution in [2.75, 3.05) is 44.4 Å². The number of nitrogens with zero attached hydrogens (tertiary/aromatic N) is 3. The van der Waals surface area contributed by atoms with Crippen LogP contribution >= 0.6 is 0 Å². The average molecular weight is 555 g/mol. The number of para-hydroxylation sites is 1. The maximum atomic E-state index is 13.9. The zero-order valence-corrected chi connectivity index (χ0v) is 24.6. The van der Waals surface area contributed by atoms with Crippen LogP contribution in [0.2, 0.25) is 0 Å². The van der Waals surface area contributed by atoms with E-state index in [0.717, 1.165) is 38.0 Å². The second-order valence-corrected chi connectivity index (χ2v) is 11.8. The van der Waals surface area contributed by atoms with Crippen LogP contribution in [0, 0.1) is 0 Å². The van der Waals surface area contributed by atoms with E-state index < -0.39 is 5.54 Å². The number of likely N-dealkylation sites (tertiary alicyclic amines) is 1. The van der Waals surface area contributed by atoms with Gasteiger partial charge in [-0.3, -0.25) is 14.4 Å². The first-order valence-corrected chi connectivity index (χ1v) is 15.8. The molecular formula is C32H50N4O4. The number of carbonyl (C=O) groups excluding carboxylic acids is 3. The third kappa shape index (κ3) is 7.99. The SMILES string of the molecule is CCCCCCCCCCCC(=O)N1CCC2(CC1)C(=O)N(CC(=O)NCC1CCCO1)CN2c1ccccc1. The standard InChI is InChI=1S/C32H50N4O4/c1-2-3-4-5-6-7-8-9-13-18-30(38)34-21-19-32(20-22-34)31(39)35(26-36(32)27-15-11-10-12-16-27)25-29(37)33-24-28-17-14-23-40-28/h10-12,15-16,28H,2-9,13-14,17-26H2,1H3,(H,33,37). The fraction of sp³-hybridized carbons (Fsp3) is 0.719. The fourth-order valence-corrected chi connectivity index (χ4v) is 6.46. The first-order valence-electron chi connectivity index (χ1n) is 15.8. The average Bonchev–Trinajstić information content (AvgIpc) is 3.59. The summed E-state index contributed by atoms with van der Waals surface area (Å²) in [5.74, 6) is 0.0528. The van der Waals surface area contributed by atoms with Gasteiger partial charge < -0.3 is 24.8 Å². The van der Waals surface area contributed by atoms with Crippen LogP contribution in [-0.4, -0.2) is 78.6 Å². The van der Waals surface area contributed by atoms with Gasteiger partial charge in [-0.05, 0) is 44.2 Å². The molecule has 1 atom stereocenters. The molecule has 8 nitrogen and oxygen atoms in total. The lowest BCUT2D eigenvalue weighted by Crippen LogP contribution is -2.57. The maximum Gasteiger partial charge on any atom is 0.250 e. The zero-order chi connectivity index (χ0) is 28.2. The summed E-state index contributed by atoms with van der Waals surface area (Å²) in [5, 5.41) is 2.95. The summed E-state index contributed by atoms with van der Waals surface area (Å²) in [6.45, 7) is 5.05. The van der Waals surface area contributed by atoms with E-state index in [4.69, 9.17) is 4.74 Å². The zero-order valence-electron chi connectivity index (χ0n) is 24.6. The van der Waals surface area contributed by atoms with E-state index in [1.807, 2.05) is 35.2 Å². The van der Waals surface area contributed by atoms with Crippen molar-refractivity contribution in [1.29, 1.82) is 0 Å². The molecular weight excluding hydrogens is 504 g/mol. The molecule has 1 N–H and O–H groups in total. The van der Waals surface area contributed by atoms with Crippen molar-refractivity contribution in [2.45, 2.75) is 108 Å². The lowest BCUT2D eigenvalue weighted by Gasteiger charge is -2.43. The number of amides is 3. The number of piperidine rings is 1. The van der Waals surface area contributed by atoms with Crippen molar-refractivity contribution in [3.63, 3.8) is 0 Å².